The third-order valence-corrected chi connectivity index (χ3v) is 4.57. The predicted octanol–water partition coefficient (Wildman–Crippen LogP) is 2.09. The lowest BCUT2D eigenvalue weighted by Crippen LogP contribution is -2.16. The Hall–Kier alpha value is 0.327. The van der Waals surface area contributed by atoms with Crippen molar-refractivity contribution in [2.24, 2.45) is 0 Å². The molecule has 0 aliphatic carbocycles. The lowest BCUT2D eigenvalue weighted by Gasteiger charge is -2.29. The van der Waals surface area contributed by atoms with Crippen LogP contribution in [-0.2, 0) is 8.99 Å². The van der Waals surface area contributed by atoms with Crippen molar-refractivity contribution in [3.05, 3.63) is 0 Å². The van der Waals surface area contributed by atoms with Crippen LogP contribution in [0, 0.1) is 0 Å². The maximum Gasteiger partial charge on any atom is 0.229 e. The van der Waals surface area contributed by atoms with Crippen LogP contribution < -0.4 is 9.79 Å². The van der Waals surface area contributed by atoms with E-state index in [9.17, 15) is 14.4 Å². The molecule has 0 aromatic carbocycles. The van der Waals surface area contributed by atoms with Gasteiger partial charge in [-0.25, -0.2) is 0 Å². The summed E-state index contributed by atoms with van der Waals surface area (Å²) in [7, 11) is -1.86. The van der Waals surface area contributed by atoms with E-state index >= 15 is 0 Å². The van der Waals surface area contributed by atoms with E-state index in [4.69, 9.17) is 4.43 Å². The van der Waals surface area contributed by atoms with Crippen molar-refractivity contribution in [3.63, 3.8) is 0 Å². The number of hydrogen-bond donors (Lipinski definition) is 0. The molecule has 0 bridgehead atoms. The van der Waals surface area contributed by atoms with Gasteiger partial charge in [-0.2, -0.15) is 0 Å². The van der Waals surface area contributed by atoms with E-state index in [1.807, 2.05) is 0 Å². The summed E-state index contributed by atoms with van der Waals surface area (Å²) in [5.41, 5.74) is 0. The SMILES string of the molecule is CO[Si]CCCCCCCCCCCP(=O)([O-])[O-]. The molecular weight excluding hydrogens is 267 g/mol. The van der Waals surface area contributed by atoms with E-state index in [-0.39, 0.29) is 6.16 Å². The molecule has 0 saturated carbocycles. The van der Waals surface area contributed by atoms with Crippen LogP contribution in [0.4, 0.5) is 0 Å². The molecule has 0 aliphatic rings. The number of unbranched alkanes of at least 4 members (excludes halogenated alkanes) is 8. The molecule has 0 aromatic rings. The molecule has 0 aliphatic heterocycles. The quantitative estimate of drug-likeness (QED) is 0.296. The van der Waals surface area contributed by atoms with Gasteiger partial charge in [0.25, 0.3) is 0 Å². The van der Waals surface area contributed by atoms with Gasteiger partial charge in [0.2, 0.25) is 9.76 Å². The molecule has 0 saturated heterocycles. The van der Waals surface area contributed by atoms with Crippen molar-refractivity contribution in [1.29, 1.82) is 0 Å². The normalized spacial score (nSPS) is 11.9. The average molecular weight is 292 g/mol. The van der Waals surface area contributed by atoms with Crippen LogP contribution in [0.5, 0.6) is 0 Å². The van der Waals surface area contributed by atoms with Crippen molar-refractivity contribution in [1.82, 2.24) is 0 Å². The molecule has 0 N–H and O–H groups in total. The van der Waals surface area contributed by atoms with E-state index in [2.05, 4.69) is 0 Å². The summed E-state index contributed by atoms with van der Waals surface area (Å²) in [6.07, 6.45) is 9.73. The highest BCUT2D eigenvalue weighted by Crippen LogP contribution is 2.25. The first kappa shape index (κ1) is 18.3. The number of rotatable bonds is 13. The van der Waals surface area contributed by atoms with Gasteiger partial charge < -0.3 is 18.8 Å². The van der Waals surface area contributed by atoms with Gasteiger partial charge in [-0.3, -0.25) is 0 Å². The van der Waals surface area contributed by atoms with Crippen molar-refractivity contribution in [3.8, 4) is 0 Å². The van der Waals surface area contributed by atoms with Gasteiger partial charge in [-0.1, -0.05) is 59.0 Å². The van der Waals surface area contributed by atoms with Crippen LogP contribution in [0.15, 0.2) is 0 Å². The van der Waals surface area contributed by atoms with Gasteiger partial charge in [-0.05, 0) is 18.6 Å². The zero-order chi connectivity index (χ0) is 13.7. The van der Waals surface area contributed by atoms with E-state index < -0.39 is 7.60 Å². The minimum Gasteiger partial charge on any atom is -0.811 e. The third-order valence-electron chi connectivity index (χ3n) is 2.86. The minimum absolute atomic E-state index is 0.173. The Labute approximate surface area is 114 Å². The summed E-state index contributed by atoms with van der Waals surface area (Å²) in [6.45, 7) is 0. The van der Waals surface area contributed by atoms with Crippen LogP contribution >= 0.6 is 7.60 Å². The van der Waals surface area contributed by atoms with Gasteiger partial charge in [0.05, 0.1) is 0 Å². The summed E-state index contributed by atoms with van der Waals surface area (Å²) < 4.78 is 15.4. The van der Waals surface area contributed by atoms with Crippen LogP contribution in [0.1, 0.15) is 57.8 Å². The topological polar surface area (TPSA) is 72.4 Å². The zero-order valence-electron chi connectivity index (χ0n) is 11.4. The molecule has 0 rings (SSSR count). The Balaban J connectivity index is 3.01. The molecule has 2 radical (unpaired) electrons. The average Bonchev–Trinajstić information content (AvgIpc) is 2.29. The van der Waals surface area contributed by atoms with Crippen LogP contribution in [-0.4, -0.2) is 23.0 Å². The molecule has 0 fully saturated rings. The molecule has 0 unspecified atom stereocenters. The fourth-order valence-electron chi connectivity index (χ4n) is 1.84. The van der Waals surface area contributed by atoms with Crippen LogP contribution in [0.3, 0.4) is 0 Å². The number of hydrogen-bond acceptors (Lipinski definition) is 4. The summed E-state index contributed by atoms with van der Waals surface area (Å²) in [5, 5.41) is 0. The van der Waals surface area contributed by atoms with Gasteiger partial charge in [0.1, 0.15) is 0 Å². The van der Waals surface area contributed by atoms with E-state index in [1.54, 1.807) is 7.11 Å². The largest absolute Gasteiger partial charge is 0.811 e. The Bertz CT molecular complexity index is 220. The van der Waals surface area contributed by atoms with Crippen LogP contribution in [0.25, 0.3) is 0 Å². The fraction of sp³-hybridized carbons (Fsp3) is 1.00. The summed E-state index contributed by atoms with van der Waals surface area (Å²) >= 11 is 0. The second-order valence-corrected chi connectivity index (χ2v) is 7.48. The second kappa shape index (κ2) is 12.4. The molecule has 6 heteroatoms. The van der Waals surface area contributed by atoms with Crippen molar-refractivity contribution >= 4 is 17.4 Å². The molecule has 0 spiro atoms. The Morgan fingerprint density at radius 2 is 1.33 bits per heavy atom. The summed E-state index contributed by atoms with van der Waals surface area (Å²) in [4.78, 5) is 20.8. The Kier molecular flexibility index (Phi) is 12.6. The fourth-order valence-corrected chi connectivity index (χ4v) is 3.05. The van der Waals surface area contributed by atoms with E-state index in [0.717, 1.165) is 19.3 Å². The first-order valence-electron chi connectivity index (χ1n) is 6.83. The third kappa shape index (κ3) is 16.3. The zero-order valence-corrected chi connectivity index (χ0v) is 13.3. The van der Waals surface area contributed by atoms with E-state index in [1.165, 1.54) is 38.1 Å². The maximum absolute atomic E-state index is 10.4. The molecule has 0 amide bonds. The highest BCUT2D eigenvalue weighted by atomic mass is 31.2. The lowest BCUT2D eigenvalue weighted by molar-refractivity contribution is -0.313. The standard InChI is InChI=1S/C12H27O4PSi/c1-16-18-12-10-8-6-4-2-3-5-7-9-11-17(13,14)15/h2-12H2,1H3,(H2,13,14,15)/p-2. The monoisotopic (exact) mass is 292 g/mol. The molecule has 4 nitrogen and oxygen atoms in total. The highest BCUT2D eigenvalue weighted by molar-refractivity contribution is 7.48. The van der Waals surface area contributed by atoms with Gasteiger partial charge in [0.15, 0.2) is 0 Å². The van der Waals surface area contributed by atoms with Crippen LogP contribution in [0.2, 0.25) is 6.04 Å². The van der Waals surface area contributed by atoms with E-state index in [0.29, 0.717) is 16.2 Å². The highest BCUT2D eigenvalue weighted by Gasteiger charge is 1.95. The van der Waals surface area contributed by atoms with Crippen molar-refractivity contribution in [2.75, 3.05) is 13.3 Å². The molecule has 18 heavy (non-hydrogen) atoms. The van der Waals surface area contributed by atoms with Gasteiger partial charge in [-0.15, -0.1) is 0 Å². The minimum atomic E-state index is -4.26. The summed E-state index contributed by atoms with van der Waals surface area (Å²) in [6, 6.07) is 1.18. The van der Waals surface area contributed by atoms with Crippen molar-refractivity contribution in [2.45, 2.75) is 63.8 Å². The van der Waals surface area contributed by atoms with Gasteiger partial charge in [0, 0.05) is 7.11 Å². The molecule has 108 valence electrons. The predicted molar refractivity (Wildman–Crippen MR) is 71.6 cm³/mol. The van der Waals surface area contributed by atoms with Crippen molar-refractivity contribution < 1.29 is 18.8 Å². The Morgan fingerprint density at radius 1 is 0.889 bits per heavy atom. The van der Waals surface area contributed by atoms with Gasteiger partial charge >= 0.3 is 0 Å². The smallest absolute Gasteiger partial charge is 0.229 e. The summed E-state index contributed by atoms with van der Waals surface area (Å²) in [5.74, 6) is 0. The molecule has 0 heterocycles. The lowest BCUT2D eigenvalue weighted by atomic mass is 10.1. The first-order valence-corrected chi connectivity index (χ1v) is 9.67. The Morgan fingerprint density at radius 3 is 1.78 bits per heavy atom. The first-order chi connectivity index (χ1) is 8.56. The second-order valence-electron chi connectivity index (χ2n) is 4.61. The molecule has 0 atom stereocenters. The maximum atomic E-state index is 10.4. The molecule has 0 aromatic heterocycles. The molecular formula is C12H25O4PSi-2.